The summed E-state index contributed by atoms with van der Waals surface area (Å²) in [5, 5.41) is 8.41. The van der Waals surface area contributed by atoms with E-state index in [0.717, 1.165) is 10.4 Å². The highest BCUT2D eigenvalue weighted by Crippen LogP contribution is 2.15. The number of nitrogens with zero attached hydrogens (tertiary/aromatic N) is 1. The predicted molar refractivity (Wildman–Crippen MR) is 78.6 cm³/mol. The third-order valence-corrected chi connectivity index (χ3v) is 3.48. The van der Waals surface area contributed by atoms with Crippen LogP contribution in [0.2, 0.25) is 0 Å². The molecule has 2 aromatic heterocycles. The summed E-state index contributed by atoms with van der Waals surface area (Å²) in [6.45, 7) is 0.977. The monoisotopic (exact) mass is 305 g/mol. The van der Waals surface area contributed by atoms with Gasteiger partial charge in [0.05, 0.1) is 13.1 Å². The molecule has 0 fully saturated rings. The van der Waals surface area contributed by atoms with Crippen LogP contribution in [0.1, 0.15) is 26.7 Å². The van der Waals surface area contributed by atoms with Gasteiger partial charge < -0.3 is 20.3 Å². The first-order valence-corrected chi connectivity index (χ1v) is 7.10. The van der Waals surface area contributed by atoms with E-state index in [4.69, 9.17) is 15.0 Å². The van der Waals surface area contributed by atoms with Crippen LogP contribution in [0.4, 0.5) is 0 Å². The minimum absolute atomic E-state index is 0.230. The standard InChI is InChI=1S/C14H15N3O3S/c1-19-9-11-7-12(17-20-11)14(18)16-8-13-10(3-2-5-15)4-6-21-13/h4,6-7H,5,8-9,15H2,1H3,(H,16,18). The lowest BCUT2D eigenvalue weighted by Gasteiger charge is -2.01. The van der Waals surface area contributed by atoms with E-state index in [0.29, 0.717) is 18.8 Å². The van der Waals surface area contributed by atoms with Crippen molar-refractivity contribution in [2.24, 2.45) is 5.73 Å². The van der Waals surface area contributed by atoms with Gasteiger partial charge in [-0.05, 0) is 11.4 Å². The molecule has 6 nitrogen and oxygen atoms in total. The van der Waals surface area contributed by atoms with E-state index in [1.54, 1.807) is 13.2 Å². The van der Waals surface area contributed by atoms with Gasteiger partial charge in [0.1, 0.15) is 6.61 Å². The summed E-state index contributed by atoms with van der Waals surface area (Å²) >= 11 is 1.53. The van der Waals surface area contributed by atoms with Crippen LogP contribution in [-0.4, -0.2) is 24.7 Å². The SMILES string of the molecule is COCc1cc(C(=O)NCc2sccc2C#CCN)no1. The molecular formula is C14H15N3O3S. The van der Waals surface area contributed by atoms with Gasteiger partial charge in [-0.3, -0.25) is 4.79 Å². The number of carbonyl (C=O) groups excluding carboxylic acids is 1. The lowest BCUT2D eigenvalue weighted by Crippen LogP contribution is -2.22. The number of aromatic nitrogens is 1. The molecule has 0 aliphatic carbocycles. The predicted octanol–water partition coefficient (Wildman–Crippen LogP) is 1.12. The van der Waals surface area contributed by atoms with E-state index in [9.17, 15) is 4.79 Å². The first kappa shape index (κ1) is 15.3. The van der Waals surface area contributed by atoms with E-state index in [-0.39, 0.29) is 18.2 Å². The van der Waals surface area contributed by atoms with Crippen LogP contribution in [0.25, 0.3) is 0 Å². The summed E-state index contributed by atoms with van der Waals surface area (Å²) in [5.74, 6) is 5.98. The van der Waals surface area contributed by atoms with E-state index in [1.165, 1.54) is 11.3 Å². The number of carbonyl (C=O) groups is 1. The van der Waals surface area contributed by atoms with E-state index >= 15 is 0 Å². The normalized spacial score (nSPS) is 10.0. The molecule has 0 bridgehead atoms. The van der Waals surface area contributed by atoms with Crippen molar-refractivity contribution in [3.8, 4) is 11.8 Å². The first-order chi connectivity index (χ1) is 10.2. The van der Waals surface area contributed by atoms with Gasteiger partial charge in [0.15, 0.2) is 11.5 Å². The quantitative estimate of drug-likeness (QED) is 0.808. The minimum Gasteiger partial charge on any atom is -0.377 e. The summed E-state index contributed by atoms with van der Waals surface area (Å²) in [7, 11) is 1.54. The molecule has 0 saturated heterocycles. The maximum Gasteiger partial charge on any atom is 0.273 e. The van der Waals surface area contributed by atoms with Gasteiger partial charge in [-0.25, -0.2) is 0 Å². The Morgan fingerprint density at radius 2 is 2.48 bits per heavy atom. The molecule has 3 N–H and O–H groups in total. The average Bonchev–Trinajstić information content (AvgIpc) is 3.12. The van der Waals surface area contributed by atoms with E-state index in [1.807, 2.05) is 11.4 Å². The van der Waals surface area contributed by atoms with Crippen molar-refractivity contribution in [1.82, 2.24) is 10.5 Å². The van der Waals surface area contributed by atoms with Crippen molar-refractivity contribution < 1.29 is 14.1 Å². The molecule has 0 radical (unpaired) electrons. The second-order valence-electron chi connectivity index (χ2n) is 4.06. The van der Waals surface area contributed by atoms with Gasteiger partial charge in [-0.1, -0.05) is 17.0 Å². The number of hydrogen-bond donors (Lipinski definition) is 2. The van der Waals surface area contributed by atoms with Crippen LogP contribution in [0.15, 0.2) is 22.0 Å². The van der Waals surface area contributed by atoms with Crippen LogP contribution in [0.5, 0.6) is 0 Å². The lowest BCUT2D eigenvalue weighted by atomic mass is 10.2. The zero-order valence-electron chi connectivity index (χ0n) is 11.5. The summed E-state index contributed by atoms with van der Waals surface area (Å²) in [4.78, 5) is 12.9. The highest BCUT2D eigenvalue weighted by molar-refractivity contribution is 7.10. The molecule has 0 spiro atoms. The Kier molecular flexibility index (Phi) is 5.51. The molecule has 2 rings (SSSR count). The van der Waals surface area contributed by atoms with Gasteiger partial charge in [-0.2, -0.15) is 0 Å². The van der Waals surface area contributed by atoms with Gasteiger partial charge in [0.25, 0.3) is 5.91 Å². The second-order valence-corrected chi connectivity index (χ2v) is 5.06. The van der Waals surface area contributed by atoms with Crippen LogP contribution in [-0.2, 0) is 17.9 Å². The lowest BCUT2D eigenvalue weighted by molar-refractivity contribution is 0.0941. The Hall–Kier alpha value is -2.14. The Morgan fingerprint density at radius 3 is 3.24 bits per heavy atom. The Labute approximate surface area is 126 Å². The number of nitrogens with one attached hydrogen (secondary N) is 1. The topological polar surface area (TPSA) is 90.4 Å². The summed E-state index contributed by atoms with van der Waals surface area (Å²) in [6, 6.07) is 3.46. The van der Waals surface area contributed by atoms with Gasteiger partial charge in [-0.15, -0.1) is 11.3 Å². The summed E-state index contributed by atoms with van der Waals surface area (Å²) in [5.41, 5.74) is 6.46. The molecule has 0 unspecified atom stereocenters. The number of nitrogens with two attached hydrogens (primary N) is 1. The third kappa shape index (κ3) is 4.16. The number of methoxy groups -OCH3 is 1. The molecule has 1 amide bonds. The zero-order chi connectivity index (χ0) is 15.1. The molecule has 0 aliphatic heterocycles. The van der Waals surface area contributed by atoms with Crippen molar-refractivity contribution in [2.45, 2.75) is 13.2 Å². The highest BCUT2D eigenvalue weighted by Gasteiger charge is 2.13. The maximum atomic E-state index is 12.0. The van der Waals surface area contributed by atoms with Crippen LogP contribution >= 0.6 is 11.3 Å². The highest BCUT2D eigenvalue weighted by atomic mass is 32.1. The largest absolute Gasteiger partial charge is 0.377 e. The van der Waals surface area contributed by atoms with Gasteiger partial charge in [0, 0.05) is 23.6 Å². The third-order valence-electron chi connectivity index (χ3n) is 2.56. The van der Waals surface area contributed by atoms with Crippen LogP contribution < -0.4 is 11.1 Å². The Bertz CT molecular complexity index is 666. The smallest absolute Gasteiger partial charge is 0.273 e. The van der Waals surface area contributed by atoms with Gasteiger partial charge in [0.2, 0.25) is 0 Å². The van der Waals surface area contributed by atoms with Crippen LogP contribution in [0.3, 0.4) is 0 Å². The fourth-order valence-electron chi connectivity index (χ4n) is 1.62. The fourth-order valence-corrected chi connectivity index (χ4v) is 2.39. The first-order valence-electron chi connectivity index (χ1n) is 6.22. The molecule has 7 heteroatoms. The van der Waals surface area contributed by atoms with Crippen molar-refractivity contribution in [2.75, 3.05) is 13.7 Å². The summed E-state index contributed by atoms with van der Waals surface area (Å²) < 4.78 is 9.87. The number of rotatable bonds is 5. The van der Waals surface area contributed by atoms with Crippen molar-refractivity contribution in [3.63, 3.8) is 0 Å². The molecule has 110 valence electrons. The Balaban J connectivity index is 1.96. The van der Waals surface area contributed by atoms with Crippen molar-refractivity contribution in [1.29, 1.82) is 0 Å². The second kappa shape index (κ2) is 7.59. The molecule has 0 saturated carbocycles. The zero-order valence-corrected chi connectivity index (χ0v) is 12.3. The molecule has 2 heterocycles. The number of hydrogen-bond acceptors (Lipinski definition) is 6. The Morgan fingerprint density at radius 1 is 1.62 bits per heavy atom. The van der Waals surface area contributed by atoms with Crippen LogP contribution in [0, 0.1) is 11.8 Å². The van der Waals surface area contributed by atoms with Crippen molar-refractivity contribution in [3.05, 3.63) is 39.4 Å². The number of amides is 1. The van der Waals surface area contributed by atoms with Gasteiger partial charge >= 0.3 is 0 Å². The molecule has 2 aromatic rings. The minimum atomic E-state index is -0.299. The maximum absolute atomic E-state index is 12.0. The molecule has 0 aliphatic rings. The van der Waals surface area contributed by atoms with E-state index in [2.05, 4.69) is 22.3 Å². The van der Waals surface area contributed by atoms with E-state index < -0.39 is 0 Å². The average molecular weight is 305 g/mol. The number of ether oxygens (including phenoxy) is 1. The molecule has 0 aromatic carbocycles. The fraction of sp³-hybridized carbons (Fsp3) is 0.286. The molecule has 21 heavy (non-hydrogen) atoms. The molecular weight excluding hydrogens is 290 g/mol. The van der Waals surface area contributed by atoms with Crippen molar-refractivity contribution >= 4 is 17.2 Å². The summed E-state index contributed by atoms with van der Waals surface area (Å²) in [6.07, 6.45) is 0. The number of thiophene rings is 1. The molecule has 0 atom stereocenters.